The Hall–Kier alpha value is -3.35. The van der Waals surface area contributed by atoms with Crippen LogP contribution in [0.5, 0.6) is 11.5 Å². The molecule has 7 heteroatoms. The molecule has 0 radical (unpaired) electrons. The van der Waals surface area contributed by atoms with Gasteiger partial charge in [-0.2, -0.15) is 0 Å². The van der Waals surface area contributed by atoms with Crippen LogP contribution in [0.3, 0.4) is 0 Å². The third-order valence-corrected chi connectivity index (χ3v) is 4.12. The molecule has 0 aliphatic heterocycles. The smallest absolute Gasteiger partial charge is 0.258 e. The number of carbonyl (C=O) groups excluding carboxylic acids is 1. The lowest BCUT2D eigenvalue weighted by molar-refractivity contribution is 0.0947. The predicted octanol–water partition coefficient (Wildman–Crippen LogP) is 3.03. The number of carbonyl (C=O) groups is 1. The average molecular weight is 367 g/mol. The van der Waals surface area contributed by atoms with Crippen LogP contribution in [0.4, 0.5) is 0 Å². The molecule has 0 unspecified atom stereocenters. The second kappa shape index (κ2) is 8.35. The topological polar surface area (TPSA) is 86.5 Å². The molecule has 1 aromatic heterocycles. The Labute approximate surface area is 157 Å². The van der Waals surface area contributed by atoms with Gasteiger partial charge in [0.1, 0.15) is 17.1 Å². The lowest BCUT2D eigenvalue weighted by atomic mass is 10.1. The number of hydrogen-bond acceptors (Lipinski definition) is 6. The highest BCUT2D eigenvalue weighted by atomic mass is 16.5. The van der Waals surface area contributed by atoms with Crippen LogP contribution in [-0.4, -0.2) is 36.9 Å². The number of benzene rings is 2. The van der Waals surface area contributed by atoms with Gasteiger partial charge in [0.2, 0.25) is 11.8 Å². The van der Waals surface area contributed by atoms with Crippen molar-refractivity contribution in [1.29, 1.82) is 0 Å². The van der Waals surface area contributed by atoms with E-state index >= 15 is 0 Å². The Kier molecular flexibility index (Phi) is 5.71. The summed E-state index contributed by atoms with van der Waals surface area (Å²) in [6.07, 6.45) is 0.419. The summed E-state index contributed by atoms with van der Waals surface area (Å²) in [7, 11) is 3.02. The molecule has 1 N–H and O–H groups in total. The number of ether oxygens (including phenoxy) is 2. The zero-order valence-corrected chi connectivity index (χ0v) is 15.5. The van der Waals surface area contributed by atoms with Gasteiger partial charge in [0.05, 0.1) is 14.2 Å². The number of rotatable bonds is 7. The fraction of sp³-hybridized carbons (Fsp3) is 0.250. The highest BCUT2D eigenvalue weighted by Gasteiger charge is 2.18. The predicted molar refractivity (Wildman–Crippen MR) is 100 cm³/mol. The fourth-order valence-electron chi connectivity index (χ4n) is 2.72. The zero-order valence-electron chi connectivity index (χ0n) is 15.5. The van der Waals surface area contributed by atoms with Gasteiger partial charge in [0.15, 0.2) is 0 Å². The molecule has 0 saturated heterocycles. The number of aryl methyl sites for hydroxylation is 1. The maximum Gasteiger partial charge on any atom is 0.258 e. The molecule has 3 aromatic rings. The standard InChI is InChI=1S/C20H21N3O4/c1-13-7-4-5-8-14(13)20-23-22-17(27-20)11-12-21-19(24)18-15(25-2)9-6-10-16(18)26-3/h4-10H,11-12H2,1-3H3,(H,21,24). The van der Waals surface area contributed by atoms with Gasteiger partial charge in [-0.05, 0) is 30.7 Å². The van der Waals surface area contributed by atoms with Crippen molar-refractivity contribution >= 4 is 5.91 Å². The molecule has 0 aliphatic rings. The molecule has 0 bridgehead atoms. The molecule has 7 nitrogen and oxygen atoms in total. The SMILES string of the molecule is COc1cccc(OC)c1C(=O)NCCc1nnc(-c2ccccc2C)o1. The normalized spacial score (nSPS) is 10.5. The van der Waals surface area contributed by atoms with Crippen molar-refractivity contribution in [3.63, 3.8) is 0 Å². The van der Waals surface area contributed by atoms with Crippen molar-refractivity contribution in [3.05, 3.63) is 59.5 Å². The van der Waals surface area contributed by atoms with Crippen molar-refractivity contribution in [3.8, 4) is 23.0 Å². The lowest BCUT2D eigenvalue weighted by Gasteiger charge is -2.12. The van der Waals surface area contributed by atoms with Crippen molar-refractivity contribution in [2.75, 3.05) is 20.8 Å². The van der Waals surface area contributed by atoms with Gasteiger partial charge in [0, 0.05) is 18.5 Å². The molecule has 0 aliphatic carbocycles. The van der Waals surface area contributed by atoms with Gasteiger partial charge >= 0.3 is 0 Å². The summed E-state index contributed by atoms with van der Waals surface area (Å²) in [4.78, 5) is 12.5. The molecule has 0 saturated carbocycles. The van der Waals surface area contributed by atoms with Crippen LogP contribution in [0.15, 0.2) is 46.9 Å². The number of nitrogens with one attached hydrogen (secondary N) is 1. The molecular formula is C20H21N3O4. The Morgan fingerprint density at radius 2 is 1.74 bits per heavy atom. The minimum Gasteiger partial charge on any atom is -0.496 e. The molecule has 27 heavy (non-hydrogen) atoms. The van der Waals surface area contributed by atoms with Gasteiger partial charge in [-0.15, -0.1) is 10.2 Å². The summed E-state index contributed by atoms with van der Waals surface area (Å²) in [6.45, 7) is 2.33. The number of methoxy groups -OCH3 is 2. The Morgan fingerprint density at radius 1 is 1.04 bits per heavy atom. The monoisotopic (exact) mass is 367 g/mol. The largest absolute Gasteiger partial charge is 0.496 e. The van der Waals surface area contributed by atoms with Crippen LogP contribution < -0.4 is 14.8 Å². The van der Waals surface area contributed by atoms with Crippen LogP contribution in [0, 0.1) is 6.92 Å². The maximum atomic E-state index is 12.5. The zero-order chi connectivity index (χ0) is 19.2. The van der Waals surface area contributed by atoms with Gasteiger partial charge in [-0.1, -0.05) is 24.3 Å². The number of nitrogens with zero attached hydrogens (tertiary/aromatic N) is 2. The quantitative estimate of drug-likeness (QED) is 0.691. The molecule has 1 heterocycles. The Balaban J connectivity index is 1.64. The van der Waals surface area contributed by atoms with Crippen LogP contribution in [-0.2, 0) is 6.42 Å². The first-order chi connectivity index (χ1) is 13.1. The Bertz CT molecular complexity index is 914. The number of amides is 1. The van der Waals surface area contributed by atoms with E-state index in [1.54, 1.807) is 18.2 Å². The molecule has 0 spiro atoms. The van der Waals surface area contributed by atoms with Crippen molar-refractivity contribution in [2.45, 2.75) is 13.3 Å². The highest BCUT2D eigenvalue weighted by molar-refractivity contribution is 5.99. The molecule has 140 valence electrons. The van der Waals surface area contributed by atoms with Gasteiger partial charge in [-0.25, -0.2) is 0 Å². The first kappa shape index (κ1) is 18.4. The van der Waals surface area contributed by atoms with E-state index in [2.05, 4.69) is 15.5 Å². The summed E-state index contributed by atoms with van der Waals surface area (Å²) in [5.74, 6) is 1.54. The summed E-state index contributed by atoms with van der Waals surface area (Å²) in [5.41, 5.74) is 2.32. The molecule has 0 atom stereocenters. The third-order valence-electron chi connectivity index (χ3n) is 4.12. The first-order valence-corrected chi connectivity index (χ1v) is 8.51. The second-order valence-corrected chi connectivity index (χ2v) is 5.86. The number of aromatic nitrogens is 2. The Morgan fingerprint density at radius 3 is 2.41 bits per heavy atom. The average Bonchev–Trinajstić information content (AvgIpc) is 3.16. The third kappa shape index (κ3) is 4.08. The van der Waals surface area contributed by atoms with E-state index in [1.807, 2.05) is 31.2 Å². The van der Waals surface area contributed by atoms with Crippen molar-refractivity contribution in [2.24, 2.45) is 0 Å². The molecule has 0 fully saturated rings. The number of hydrogen-bond donors (Lipinski definition) is 1. The van der Waals surface area contributed by atoms with E-state index in [1.165, 1.54) is 14.2 Å². The minimum absolute atomic E-state index is 0.289. The summed E-state index contributed by atoms with van der Waals surface area (Å²) >= 11 is 0. The van der Waals surface area contributed by atoms with Crippen molar-refractivity contribution < 1.29 is 18.7 Å². The van der Waals surface area contributed by atoms with E-state index in [-0.39, 0.29) is 5.91 Å². The van der Waals surface area contributed by atoms with Gasteiger partial charge in [0.25, 0.3) is 5.91 Å². The minimum atomic E-state index is -0.289. The van der Waals surface area contributed by atoms with E-state index in [4.69, 9.17) is 13.9 Å². The molecular weight excluding hydrogens is 346 g/mol. The second-order valence-electron chi connectivity index (χ2n) is 5.86. The van der Waals surface area contributed by atoms with E-state index in [0.717, 1.165) is 11.1 Å². The van der Waals surface area contributed by atoms with Crippen LogP contribution >= 0.6 is 0 Å². The summed E-state index contributed by atoms with van der Waals surface area (Å²) in [5, 5.41) is 11.0. The maximum absolute atomic E-state index is 12.5. The first-order valence-electron chi connectivity index (χ1n) is 8.51. The lowest BCUT2D eigenvalue weighted by Crippen LogP contribution is -2.26. The van der Waals surface area contributed by atoms with Crippen LogP contribution in [0.1, 0.15) is 21.8 Å². The van der Waals surface area contributed by atoms with Gasteiger partial charge in [-0.3, -0.25) is 4.79 Å². The molecule has 1 amide bonds. The highest BCUT2D eigenvalue weighted by Crippen LogP contribution is 2.28. The fourth-order valence-corrected chi connectivity index (χ4v) is 2.72. The van der Waals surface area contributed by atoms with Crippen molar-refractivity contribution in [1.82, 2.24) is 15.5 Å². The van der Waals surface area contributed by atoms with E-state index < -0.39 is 0 Å². The molecule has 3 rings (SSSR count). The summed E-state index contributed by atoms with van der Waals surface area (Å²) in [6, 6.07) is 13.0. The van der Waals surface area contributed by atoms with E-state index in [0.29, 0.717) is 41.8 Å². The van der Waals surface area contributed by atoms with Crippen LogP contribution in [0.25, 0.3) is 11.5 Å². The van der Waals surface area contributed by atoms with Crippen LogP contribution in [0.2, 0.25) is 0 Å². The van der Waals surface area contributed by atoms with E-state index in [9.17, 15) is 4.79 Å². The summed E-state index contributed by atoms with van der Waals surface area (Å²) < 4.78 is 16.2. The van der Waals surface area contributed by atoms with Gasteiger partial charge < -0.3 is 19.2 Å². The molecule has 2 aromatic carbocycles.